The second-order valence-corrected chi connectivity index (χ2v) is 6.44. The van der Waals surface area contributed by atoms with Crippen LogP contribution in [0.15, 0.2) is 30.3 Å². The second-order valence-electron chi connectivity index (χ2n) is 4.93. The van der Waals surface area contributed by atoms with Gasteiger partial charge >= 0.3 is 0 Å². The zero-order chi connectivity index (χ0) is 13.7. The van der Waals surface area contributed by atoms with E-state index in [2.05, 4.69) is 12.2 Å². The van der Waals surface area contributed by atoms with Crippen molar-refractivity contribution in [2.75, 3.05) is 5.75 Å². The van der Waals surface area contributed by atoms with Gasteiger partial charge in [-0.05, 0) is 24.2 Å². The van der Waals surface area contributed by atoms with Crippen LogP contribution in [0.5, 0.6) is 0 Å². The smallest absolute Gasteiger partial charge is 0.241 e. The Hall–Kier alpha value is -1.00. The molecule has 2 rings (SSSR count). The summed E-state index contributed by atoms with van der Waals surface area (Å²) in [5, 5.41) is 3.68. The summed E-state index contributed by atoms with van der Waals surface area (Å²) in [4.78, 5) is 12.2. The lowest BCUT2D eigenvalue weighted by molar-refractivity contribution is -0.123. The van der Waals surface area contributed by atoms with Crippen LogP contribution in [0.2, 0.25) is 0 Å². The van der Waals surface area contributed by atoms with Gasteiger partial charge in [0.15, 0.2) is 0 Å². The first-order valence-electron chi connectivity index (χ1n) is 6.95. The van der Waals surface area contributed by atoms with Gasteiger partial charge in [-0.3, -0.25) is 4.79 Å². The first-order chi connectivity index (χ1) is 9.22. The minimum Gasteiger partial charge on any atom is -0.351 e. The molecular weight excluding hydrogens is 256 g/mol. The number of hydrogen-bond donors (Lipinski definition) is 2. The van der Waals surface area contributed by atoms with Crippen LogP contribution in [0.3, 0.4) is 0 Å². The normalized spacial score (nSPS) is 24.1. The Bertz CT molecular complexity index is 410. The molecule has 3 nitrogen and oxygen atoms in total. The highest BCUT2D eigenvalue weighted by molar-refractivity contribution is 7.99. The molecule has 1 aliphatic carbocycles. The van der Waals surface area contributed by atoms with Crippen LogP contribution in [0.4, 0.5) is 0 Å². The number of rotatable bonds is 5. The van der Waals surface area contributed by atoms with Crippen LogP contribution in [0.25, 0.3) is 0 Å². The number of carbonyl (C=O) groups is 1. The van der Waals surface area contributed by atoms with Crippen LogP contribution in [0.1, 0.15) is 37.8 Å². The zero-order valence-electron chi connectivity index (χ0n) is 11.3. The topological polar surface area (TPSA) is 55.1 Å². The standard InChI is InChI=1S/C15H22N2OS/c1-2-19-13-10-6-9-12(13)17-15(18)14(16)11-7-4-3-5-8-11/h3-5,7-8,12-14H,2,6,9-10,16H2,1H3,(H,17,18)/t12?,13?,14-/m0/s1. The van der Waals surface area contributed by atoms with E-state index in [1.165, 1.54) is 12.8 Å². The largest absolute Gasteiger partial charge is 0.351 e. The van der Waals surface area contributed by atoms with Crippen molar-refractivity contribution in [2.45, 2.75) is 43.5 Å². The van der Waals surface area contributed by atoms with E-state index in [4.69, 9.17) is 5.73 Å². The van der Waals surface area contributed by atoms with E-state index in [-0.39, 0.29) is 11.9 Å². The summed E-state index contributed by atoms with van der Waals surface area (Å²) in [6, 6.07) is 9.27. The predicted molar refractivity (Wildman–Crippen MR) is 81.1 cm³/mol. The van der Waals surface area contributed by atoms with Gasteiger partial charge in [-0.25, -0.2) is 0 Å². The molecule has 1 amide bonds. The lowest BCUT2D eigenvalue weighted by atomic mass is 10.1. The molecule has 0 aliphatic heterocycles. The second kappa shape index (κ2) is 6.96. The minimum atomic E-state index is -0.561. The highest BCUT2D eigenvalue weighted by Gasteiger charge is 2.29. The molecule has 0 aromatic heterocycles. The Labute approximate surface area is 119 Å². The average molecular weight is 278 g/mol. The quantitative estimate of drug-likeness (QED) is 0.870. The predicted octanol–water partition coefficient (Wildman–Crippen LogP) is 2.48. The molecule has 3 atom stereocenters. The maximum absolute atomic E-state index is 12.2. The molecule has 1 fully saturated rings. The monoisotopic (exact) mass is 278 g/mol. The zero-order valence-corrected chi connectivity index (χ0v) is 12.2. The van der Waals surface area contributed by atoms with Crippen molar-refractivity contribution >= 4 is 17.7 Å². The van der Waals surface area contributed by atoms with E-state index in [1.54, 1.807) is 0 Å². The maximum atomic E-state index is 12.2. The molecule has 0 bridgehead atoms. The van der Waals surface area contributed by atoms with Crippen LogP contribution in [0, 0.1) is 0 Å². The van der Waals surface area contributed by atoms with Crippen LogP contribution in [-0.2, 0) is 4.79 Å². The van der Waals surface area contributed by atoms with E-state index in [1.807, 2.05) is 42.1 Å². The molecular formula is C15H22N2OS. The van der Waals surface area contributed by atoms with Gasteiger partial charge in [-0.1, -0.05) is 43.7 Å². The fraction of sp³-hybridized carbons (Fsp3) is 0.533. The lowest BCUT2D eigenvalue weighted by Gasteiger charge is -2.22. The Balaban J connectivity index is 1.93. The molecule has 0 radical (unpaired) electrons. The van der Waals surface area contributed by atoms with Crippen LogP contribution >= 0.6 is 11.8 Å². The van der Waals surface area contributed by atoms with Crippen molar-refractivity contribution < 1.29 is 4.79 Å². The van der Waals surface area contributed by atoms with Crippen molar-refractivity contribution in [1.82, 2.24) is 5.32 Å². The Morgan fingerprint density at radius 2 is 2.16 bits per heavy atom. The van der Waals surface area contributed by atoms with Gasteiger partial charge in [0.05, 0.1) is 0 Å². The van der Waals surface area contributed by atoms with E-state index < -0.39 is 6.04 Å². The van der Waals surface area contributed by atoms with Crippen molar-refractivity contribution in [1.29, 1.82) is 0 Å². The molecule has 0 spiro atoms. The molecule has 0 saturated heterocycles. The third-order valence-corrected chi connectivity index (χ3v) is 4.93. The first-order valence-corrected chi connectivity index (χ1v) is 7.99. The number of carbonyl (C=O) groups excluding carboxylic acids is 1. The lowest BCUT2D eigenvalue weighted by Crippen LogP contribution is -2.43. The van der Waals surface area contributed by atoms with E-state index >= 15 is 0 Å². The molecule has 1 aliphatic rings. The van der Waals surface area contributed by atoms with Gasteiger partial charge in [0, 0.05) is 11.3 Å². The van der Waals surface area contributed by atoms with Gasteiger partial charge < -0.3 is 11.1 Å². The summed E-state index contributed by atoms with van der Waals surface area (Å²) in [7, 11) is 0. The van der Waals surface area contributed by atoms with Crippen LogP contribution < -0.4 is 11.1 Å². The van der Waals surface area contributed by atoms with Gasteiger partial charge in [0.25, 0.3) is 0 Å². The van der Waals surface area contributed by atoms with Crippen molar-refractivity contribution in [3.05, 3.63) is 35.9 Å². The van der Waals surface area contributed by atoms with Gasteiger partial charge in [-0.2, -0.15) is 11.8 Å². The average Bonchev–Trinajstić information content (AvgIpc) is 2.86. The van der Waals surface area contributed by atoms with Crippen LogP contribution in [-0.4, -0.2) is 23.0 Å². The van der Waals surface area contributed by atoms with Crippen molar-refractivity contribution in [3.63, 3.8) is 0 Å². The first kappa shape index (κ1) is 14.4. The fourth-order valence-corrected chi connectivity index (χ4v) is 3.79. The molecule has 1 saturated carbocycles. The summed E-state index contributed by atoms with van der Waals surface area (Å²) in [5.74, 6) is 1.04. The number of amides is 1. The van der Waals surface area contributed by atoms with E-state index in [0.717, 1.165) is 17.7 Å². The number of benzene rings is 1. The molecule has 2 unspecified atom stereocenters. The van der Waals surface area contributed by atoms with E-state index in [9.17, 15) is 4.79 Å². The SMILES string of the molecule is CCSC1CCCC1NC(=O)[C@@H](N)c1ccccc1. The number of hydrogen-bond acceptors (Lipinski definition) is 3. The van der Waals surface area contributed by atoms with Gasteiger partial charge in [-0.15, -0.1) is 0 Å². The highest BCUT2D eigenvalue weighted by Crippen LogP contribution is 2.30. The maximum Gasteiger partial charge on any atom is 0.241 e. The number of nitrogens with two attached hydrogens (primary N) is 1. The molecule has 1 aromatic carbocycles. The summed E-state index contributed by atoms with van der Waals surface area (Å²) >= 11 is 1.94. The Morgan fingerprint density at radius 3 is 2.84 bits per heavy atom. The molecule has 0 heterocycles. The molecule has 3 N–H and O–H groups in total. The minimum absolute atomic E-state index is 0.0557. The molecule has 19 heavy (non-hydrogen) atoms. The van der Waals surface area contributed by atoms with Crippen molar-refractivity contribution in [2.24, 2.45) is 5.73 Å². The Kier molecular flexibility index (Phi) is 5.28. The third kappa shape index (κ3) is 3.74. The number of nitrogens with one attached hydrogen (secondary N) is 1. The van der Waals surface area contributed by atoms with Gasteiger partial charge in [0.2, 0.25) is 5.91 Å². The molecule has 1 aromatic rings. The molecule has 104 valence electrons. The van der Waals surface area contributed by atoms with Crippen molar-refractivity contribution in [3.8, 4) is 0 Å². The highest BCUT2D eigenvalue weighted by atomic mass is 32.2. The Morgan fingerprint density at radius 1 is 1.42 bits per heavy atom. The third-order valence-electron chi connectivity index (χ3n) is 3.60. The summed E-state index contributed by atoms with van der Waals surface area (Å²) in [6.07, 6.45) is 3.47. The van der Waals surface area contributed by atoms with Gasteiger partial charge in [0.1, 0.15) is 6.04 Å². The van der Waals surface area contributed by atoms with E-state index in [0.29, 0.717) is 5.25 Å². The summed E-state index contributed by atoms with van der Waals surface area (Å²) in [6.45, 7) is 2.16. The summed E-state index contributed by atoms with van der Waals surface area (Å²) in [5.41, 5.74) is 6.89. The molecule has 4 heteroatoms. The summed E-state index contributed by atoms with van der Waals surface area (Å²) < 4.78 is 0. The fourth-order valence-electron chi connectivity index (χ4n) is 2.59. The number of thioether (sulfide) groups is 1.